The van der Waals surface area contributed by atoms with Crippen LogP contribution in [0.15, 0.2) is 0 Å². The summed E-state index contributed by atoms with van der Waals surface area (Å²) in [5.74, 6) is 0. The van der Waals surface area contributed by atoms with E-state index in [4.69, 9.17) is 0 Å². The SMILES string of the molecule is [CH2]N(C)C. The molecule has 0 atom stereocenters. The summed E-state index contributed by atoms with van der Waals surface area (Å²) in [6, 6.07) is 0. The summed E-state index contributed by atoms with van der Waals surface area (Å²) >= 11 is 0. The highest BCUT2D eigenvalue weighted by Gasteiger charge is 1.58. The molecule has 0 amide bonds. The third kappa shape index (κ3) is 1130. The molecule has 0 heterocycles. The van der Waals surface area contributed by atoms with Gasteiger partial charge in [-0.2, -0.15) is 0 Å². The van der Waals surface area contributed by atoms with Crippen LogP contribution >= 0.6 is 0 Å². The predicted octanol–water partition coefficient (Wildman–Crippen LogP) is 0.340. The number of rotatable bonds is 0. The Morgan fingerprint density at radius 3 is 1.50 bits per heavy atom. The Labute approximate surface area is 27.2 Å². The molecule has 0 unspecified atom stereocenters. The normalized spacial score (nSPS) is 9.00. The van der Waals surface area contributed by atoms with Crippen LogP contribution in [0.4, 0.5) is 0 Å². The van der Waals surface area contributed by atoms with Gasteiger partial charge in [0.05, 0.1) is 0 Å². The quantitative estimate of drug-likeness (QED) is 0.388. The maximum atomic E-state index is 3.47. The lowest BCUT2D eigenvalue weighted by Crippen LogP contribution is -1.95. The van der Waals surface area contributed by atoms with Gasteiger partial charge in [-0.05, 0) is 14.1 Å². The first-order valence-electron chi connectivity index (χ1n) is 1.21. The van der Waals surface area contributed by atoms with Gasteiger partial charge in [0.15, 0.2) is 0 Å². The van der Waals surface area contributed by atoms with Gasteiger partial charge in [-0.3, -0.25) is 0 Å². The number of nitrogens with zero attached hydrogens (tertiary/aromatic N) is 1. The van der Waals surface area contributed by atoms with E-state index in [1.807, 2.05) is 14.1 Å². The van der Waals surface area contributed by atoms with Crippen LogP contribution in [-0.2, 0) is 0 Å². The summed E-state index contributed by atoms with van der Waals surface area (Å²) in [7, 11) is 7.25. The van der Waals surface area contributed by atoms with E-state index in [9.17, 15) is 0 Å². The fourth-order valence-electron chi connectivity index (χ4n) is 0. The predicted molar refractivity (Wildman–Crippen MR) is 19.0 cm³/mol. The fraction of sp³-hybridized carbons (Fsp3) is 0.667. The van der Waals surface area contributed by atoms with E-state index in [2.05, 4.69) is 7.05 Å². The average molecular weight is 58.1 g/mol. The molecule has 0 aliphatic rings. The van der Waals surface area contributed by atoms with Crippen LogP contribution in [0.1, 0.15) is 0 Å². The molecule has 0 spiro atoms. The van der Waals surface area contributed by atoms with Gasteiger partial charge in [0.1, 0.15) is 0 Å². The molecule has 0 aromatic heterocycles. The second-order valence-electron chi connectivity index (χ2n) is 1.08. The molecule has 1 heteroatoms. The van der Waals surface area contributed by atoms with E-state index in [-0.39, 0.29) is 0 Å². The molecule has 0 fully saturated rings. The Hall–Kier alpha value is -0.0400. The molecule has 4 heavy (non-hydrogen) atoms. The van der Waals surface area contributed by atoms with Gasteiger partial charge in [-0.25, -0.2) is 0 Å². The van der Waals surface area contributed by atoms with Crippen LogP contribution in [-0.4, -0.2) is 19.0 Å². The number of hydrogen-bond acceptors (Lipinski definition) is 1. The van der Waals surface area contributed by atoms with Crippen molar-refractivity contribution in [1.82, 2.24) is 4.90 Å². The minimum Gasteiger partial charge on any atom is -0.308 e. The first-order chi connectivity index (χ1) is 1.73. The van der Waals surface area contributed by atoms with Crippen molar-refractivity contribution in [3.63, 3.8) is 0 Å². The summed E-state index contributed by atoms with van der Waals surface area (Å²) in [4.78, 5) is 1.75. The minimum atomic E-state index is 1.75. The monoisotopic (exact) mass is 58.1 g/mol. The smallest absolute Gasteiger partial charge is 0.0103 e. The van der Waals surface area contributed by atoms with E-state index in [1.165, 1.54) is 0 Å². The highest BCUT2D eigenvalue weighted by molar-refractivity contribution is 4.22. The standard InChI is InChI=1S/C3H8N/c1-4(2)3/h1H2,2-3H3. The molecule has 25 valence electrons. The molecule has 0 aromatic rings. The summed E-state index contributed by atoms with van der Waals surface area (Å²) in [6.07, 6.45) is 0. The van der Waals surface area contributed by atoms with Crippen molar-refractivity contribution in [1.29, 1.82) is 0 Å². The van der Waals surface area contributed by atoms with E-state index >= 15 is 0 Å². The lowest BCUT2D eigenvalue weighted by atomic mass is 11.0. The number of hydrogen-bond donors (Lipinski definition) is 0. The zero-order chi connectivity index (χ0) is 3.58. The van der Waals surface area contributed by atoms with Crippen LogP contribution in [0.2, 0.25) is 0 Å². The fourth-order valence-corrected chi connectivity index (χ4v) is 0. The van der Waals surface area contributed by atoms with Crippen LogP contribution in [0, 0.1) is 7.05 Å². The van der Waals surface area contributed by atoms with Crippen molar-refractivity contribution < 1.29 is 0 Å². The topological polar surface area (TPSA) is 3.24 Å². The summed E-state index contributed by atoms with van der Waals surface area (Å²) in [5, 5.41) is 0. The molecule has 0 N–H and O–H groups in total. The zero-order valence-corrected chi connectivity index (χ0v) is 3.15. The summed E-state index contributed by atoms with van der Waals surface area (Å²) < 4.78 is 0. The lowest BCUT2D eigenvalue weighted by molar-refractivity contribution is 0.557. The zero-order valence-electron chi connectivity index (χ0n) is 3.15. The van der Waals surface area contributed by atoms with Crippen LogP contribution in [0.25, 0.3) is 0 Å². The van der Waals surface area contributed by atoms with Gasteiger partial charge >= 0.3 is 0 Å². The van der Waals surface area contributed by atoms with Gasteiger partial charge < -0.3 is 4.90 Å². The molecule has 1 radical (unpaired) electrons. The van der Waals surface area contributed by atoms with Crippen molar-refractivity contribution in [3.8, 4) is 0 Å². The molecule has 0 aliphatic heterocycles. The summed E-state index contributed by atoms with van der Waals surface area (Å²) in [6.45, 7) is 0. The second-order valence-corrected chi connectivity index (χ2v) is 1.08. The Kier molecular flexibility index (Phi) is 1.28. The molecule has 0 aromatic carbocycles. The van der Waals surface area contributed by atoms with Gasteiger partial charge in [-0.15, -0.1) is 0 Å². The van der Waals surface area contributed by atoms with Gasteiger partial charge in [0.2, 0.25) is 0 Å². The molecule has 0 saturated carbocycles. The molecule has 0 saturated heterocycles. The largest absolute Gasteiger partial charge is 0.308 e. The van der Waals surface area contributed by atoms with Gasteiger partial charge in [0, 0.05) is 7.05 Å². The van der Waals surface area contributed by atoms with Gasteiger partial charge in [-0.1, -0.05) is 0 Å². The van der Waals surface area contributed by atoms with Crippen molar-refractivity contribution in [2.75, 3.05) is 14.1 Å². The van der Waals surface area contributed by atoms with Gasteiger partial charge in [0.25, 0.3) is 0 Å². The first-order valence-corrected chi connectivity index (χ1v) is 1.21. The molecule has 0 rings (SSSR count). The minimum absolute atomic E-state index is 1.75. The summed E-state index contributed by atoms with van der Waals surface area (Å²) in [5.41, 5.74) is 0. The van der Waals surface area contributed by atoms with Crippen molar-refractivity contribution in [2.24, 2.45) is 0 Å². The van der Waals surface area contributed by atoms with Crippen LogP contribution in [0.5, 0.6) is 0 Å². The molecule has 0 bridgehead atoms. The second kappa shape index (κ2) is 1.30. The Balaban J connectivity index is 2.32. The molecular formula is C3H8N. The molecular weight excluding hydrogens is 50.0 g/mol. The van der Waals surface area contributed by atoms with Crippen molar-refractivity contribution >= 4 is 0 Å². The van der Waals surface area contributed by atoms with E-state index in [0.717, 1.165) is 0 Å². The maximum absolute atomic E-state index is 3.47. The van der Waals surface area contributed by atoms with Crippen LogP contribution < -0.4 is 0 Å². The molecule has 1 nitrogen and oxygen atoms in total. The Bertz CT molecular complexity index is 8.00. The Morgan fingerprint density at radius 2 is 1.50 bits per heavy atom. The third-order valence-corrected chi connectivity index (χ3v) is 0. The lowest BCUT2D eigenvalue weighted by Gasteiger charge is -1.89. The molecule has 0 aliphatic carbocycles. The first kappa shape index (κ1) is 3.96. The average Bonchev–Trinajstić information content (AvgIpc) is 0.811. The van der Waals surface area contributed by atoms with Crippen molar-refractivity contribution in [3.05, 3.63) is 7.05 Å². The van der Waals surface area contributed by atoms with E-state index in [1.54, 1.807) is 4.90 Å². The van der Waals surface area contributed by atoms with E-state index in [0.29, 0.717) is 0 Å². The maximum Gasteiger partial charge on any atom is 0.0103 e. The van der Waals surface area contributed by atoms with Crippen LogP contribution in [0.3, 0.4) is 0 Å². The highest BCUT2D eigenvalue weighted by atomic mass is 15.0. The highest BCUT2D eigenvalue weighted by Crippen LogP contribution is 1.53. The van der Waals surface area contributed by atoms with E-state index < -0.39 is 0 Å². The third-order valence-electron chi connectivity index (χ3n) is 0. The Morgan fingerprint density at radius 1 is 1.50 bits per heavy atom. The van der Waals surface area contributed by atoms with Crippen molar-refractivity contribution in [2.45, 2.75) is 0 Å².